The van der Waals surface area contributed by atoms with Gasteiger partial charge >= 0.3 is 0 Å². The highest BCUT2D eigenvalue weighted by atomic mass is 79.9. The summed E-state index contributed by atoms with van der Waals surface area (Å²) in [6, 6.07) is 5.96. The molecule has 0 saturated carbocycles. The smallest absolute Gasteiger partial charge is 0.254 e. The second-order valence-corrected chi connectivity index (χ2v) is 7.03. The van der Waals surface area contributed by atoms with Gasteiger partial charge in [-0.2, -0.15) is 0 Å². The molecule has 1 aromatic rings. The van der Waals surface area contributed by atoms with Crippen molar-refractivity contribution in [2.24, 2.45) is 0 Å². The molecule has 2 atom stereocenters. The van der Waals surface area contributed by atoms with E-state index in [2.05, 4.69) is 34.7 Å². The van der Waals surface area contributed by atoms with Gasteiger partial charge in [0.2, 0.25) is 0 Å². The van der Waals surface area contributed by atoms with Crippen LogP contribution in [0.3, 0.4) is 0 Å². The Balaban J connectivity index is 2.07. The van der Waals surface area contributed by atoms with Gasteiger partial charge in [-0.3, -0.25) is 9.69 Å². The lowest BCUT2D eigenvalue weighted by Gasteiger charge is -2.44. The normalized spacial score (nSPS) is 22.9. The summed E-state index contributed by atoms with van der Waals surface area (Å²) in [4.78, 5) is 17.0. The van der Waals surface area contributed by atoms with Crippen LogP contribution in [0.1, 0.15) is 24.2 Å². The molecule has 0 radical (unpaired) electrons. The highest BCUT2D eigenvalue weighted by molar-refractivity contribution is 9.10. The Morgan fingerprint density at radius 1 is 1.36 bits per heavy atom. The van der Waals surface area contributed by atoms with Crippen LogP contribution in [0.5, 0.6) is 0 Å². The molecule has 1 aromatic carbocycles. The van der Waals surface area contributed by atoms with Crippen molar-refractivity contribution in [1.29, 1.82) is 0 Å². The summed E-state index contributed by atoms with van der Waals surface area (Å²) < 4.78 is 5.92. The Bertz CT molecular complexity index is 529. The average Bonchev–Trinajstić information content (AvgIpc) is 2.48. The third-order valence-electron chi connectivity index (χ3n) is 4.11. The molecule has 2 rings (SSSR count). The summed E-state index contributed by atoms with van der Waals surface area (Å²) in [5.41, 5.74) is 0.668. The number of carbonyl (C=O) groups is 1. The van der Waals surface area contributed by atoms with Crippen molar-refractivity contribution >= 4 is 33.4 Å². The van der Waals surface area contributed by atoms with Gasteiger partial charge in [0.15, 0.2) is 0 Å². The van der Waals surface area contributed by atoms with Gasteiger partial charge in [-0.25, -0.2) is 0 Å². The van der Waals surface area contributed by atoms with Crippen LogP contribution in [0.25, 0.3) is 0 Å². The van der Waals surface area contributed by atoms with E-state index in [9.17, 15) is 4.79 Å². The Hall–Kier alpha value is -0.620. The van der Waals surface area contributed by atoms with Gasteiger partial charge in [0, 0.05) is 48.9 Å². The maximum Gasteiger partial charge on any atom is 0.254 e. The lowest BCUT2D eigenvalue weighted by Crippen LogP contribution is -2.58. The second-order valence-electron chi connectivity index (χ2n) is 5.77. The van der Waals surface area contributed by atoms with Crippen LogP contribution in [0.4, 0.5) is 0 Å². The van der Waals surface area contributed by atoms with E-state index in [4.69, 9.17) is 16.3 Å². The standard InChI is InChI=1S/C16H22BrClN2O2/c1-11-9-19(10-12(2)20(11)6-7-22-3)16(21)13-4-5-15(18)14(17)8-13/h4-5,8,11-12H,6-7,9-10H2,1-3H3. The third-order valence-corrected chi connectivity index (χ3v) is 5.32. The van der Waals surface area contributed by atoms with Crippen LogP contribution < -0.4 is 0 Å². The molecule has 6 heteroatoms. The lowest BCUT2D eigenvalue weighted by molar-refractivity contribution is 0.0193. The number of amides is 1. The first-order valence-electron chi connectivity index (χ1n) is 7.43. The average molecular weight is 390 g/mol. The summed E-state index contributed by atoms with van der Waals surface area (Å²) >= 11 is 9.37. The zero-order valence-corrected chi connectivity index (χ0v) is 15.5. The minimum absolute atomic E-state index is 0.0578. The molecule has 1 amide bonds. The van der Waals surface area contributed by atoms with Crippen molar-refractivity contribution in [2.75, 3.05) is 33.4 Å². The molecule has 0 aliphatic carbocycles. The molecule has 1 heterocycles. The van der Waals surface area contributed by atoms with E-state index in [0.29, 0.717) is 29.3 Å². The SMILES string of the molecule is COCCN1C(C)CN(C(=O)c2ccc(Cl)c(Br)c2)CC1C. The number of hydrogen-bond donors (Lipinski definition) is 0. The van der Waals surface area contributed by atoms with Crippen LogP contribution in [0.2, 0.25) is 5.02 Å². The van der Waals surface area contributed by atoms with Gasteiger partial charge in [-0.05, 0) is 48.0 Å². The zero-order valence-electron chi connectivity index (χ0n) is 13.2. The fourth-order valence-corrected chi connectivity index (χ4v) is 3.47. The maximum atomic E-state index is 12.7. The van der Waals surface area contributed by atoms with Crippen LogP contribution in [0.15, 0.2) is 22.7 Å². The minimum Gasteiger partial charge on any atom is -0.383 e. The molecule has 0 N–H and O–H groups in total. The molecule has 22 heavy (non-hydrogen) atoms. The van der Waals surface area contributed by atoms with Gasteiger partial charge in [0.1, 0.15) is 0 Å². The van der Waals surface area contributed by atoms with Gasteiger partial charge < -0.3 is 9.64 Å². The predicted molar refractivity (Wildman–Crippen MR) is 92.6 cm³/mol. The molecular formula is C16H22BrClN2O2. The minimum atomic E-state index is 0.0578. The molecule has 1 aliphatic rings. The van der Waals surface area contributed by atoms with Gasteiger partial charge in [-0.15, -0.1) is 0 Å². The predicted octanol–water partition coefficient (Wildman–Crippen LogP) is 3.28. The monoisotopic (exact) mass is 388 g/mol. The molecule has 2 unspecified atom stereocenters. The van der Waals surface area contributed by atoms with E-state index >= 15 is 0 Å². The van der Waals surface area contributed by atoms with E-state index in [1.807, 2.05) is 4.90 Å². The number of halogens is 2. The largest absolute Gasteiger partial charge is 0.383 e. The molecule has 0 spiro atoms. The van der Waals surface area contributed by atoms with E-state index in [-0.39, 0.29) is 5.91 Å². The first-order valence-corrected chi connectivity index (χ1v) is 8.60. The number of benzene rings is 1. The third kappa shape index (κ3) is 4.02. The molecule has 0 aromatic heterocycles. The Kier molecular flexibility index (Phi) is 6.26. The van der Waals surface area contributed by atoms with Crippen molar-refractivity contribution in [1.82, 2.24) is 9.80 Å². The fraction of sp³-hybridized carbons (Fsp3) is 0.562. The molecule has 4 nitrogen and oxygen atoms in total. The molecule has 1 saturated heterocycles. The quantitative estimate of drug-likeness (QED) is 0.792. The maximum absolute atomic E-state index is 12.7. The second kappa shape index (κ2) is 7.77. The summed E-state index contributed by atoms with van der Waals surface area (Å²) in [5.74, 6) is 0.0578. The number of hydrogen-bond acceptors (Lipinski definition) is 3. The first kappa shape index (κ1) is 17.7. The van der Waals surface area contributed by atoms with Gasteiger partial charge in [0.25, 0.3) is 5.91 Å². The molecular weight excluding hydrogens is 368 g/mol. The first-order chi connectivity index (χ1) is 10.4. The van der Waals surface area contributed by atoms with Crippen LogP contribution >= 0.6 is 27.5 Å². The topological polar surface area (TPSA) is 32.8 Å². The van der Waals surface area contributed by atoms with Crippen LogP contribution in [0, 0.1) is 0 Å². The van der Waals surface area contributed by atoms with Crippen molar-refractivity contribution in [3.8, 4) is 0 Å². The van der Waals surface area contributed by atoms with Gasteiger partial charge in [-0.1, -0.05) is 11.6 Å². The van der Waals surface area contributed by atoms with Crippen molar-refractivity contribution in [2.45, 2.75) is 25.9 Å². The lowest BCUT2D eigenvalue weighted by atomic mass is 10.1. The number of rotatable bonds is 4. The van der Waals surface area contributed by atoms with Crippen molar-refractivity contribution < 1.29 is 9.53 Å². The van der Waals surface area contributed by atoms with Crippen LogP contribution in [-0.4, -0.2) is 61.1 Å². The molecule has 122 valence electrons. The summed E-state index contributed by atoms with van der Waals surface area (Å²) in [5, 5.41) is 0.614. The summed E-state index contributed by atoms with van der Waals surface area (Å²) in [6.45, 7) is 7.38. The number of ether oxygens (including phenoxy) is 1. The molecule has 1 aliphatic heterocycles. The van der Waals surface area contributed by atoms with Gasteiger partial charge in [0.05, 0.1) is 11.6 Å². The van der Waals surface area contributed by atoms with E-state index in [1.165, 1.54) is 0 Å². The number of carbonyl (C=O) groups excluding carboxylic acids is 1. The zero-order chi connectivity index (χ0) is 16.3. The Morgan fingerprint density at radius 3 is 2.55 bits per heavy atom. The summed E-state index contributed by atoms with van der Waals surface area (Å²) in [6.07, 6.45) is 0. The highest BCUT2D eigenvalue weighted by Crippen LogP contribution is 2.25. The molecule has 0 bridgehead atoms. The molecule has 1 fully saturated rings. The summed E-state index contributed by atoms with van der Waals surface area (Å²) in [7, 11) is 1.72. The number of methoxy groups -OCH3 is 1. The Morgan fingerprint density at radius 2 is 2.00 bits per heavy atom. The fourth-order valence-electron chi connectivity index (χ4n) is 2.97. The van der Waals surface area contributed by atoms with E-state index in [0.717, 1.165) is 24.1 Å². The van der Waals surface area contributed by atoms with E-state index in [1.54, 1.807) is 25.3 Å². The van der Waals surface area contributed by atoms with Crippen LogP contribution in [-0.2, 0) is 4.74 Å². The Labute approximate surface area is 145 Å². The number of nitrogens with zero attached hydrogens (tertiary/aromatic N) is 2. The van der Waals surface area contributed by atoms with Crippen molar-refractivity contribution in [3.63, 3.8) is 0 Å². The highest BCUT2D eigenvalue weighted by Gasteiger charge is 2.31. The van der Waals surface area contributed by atoms with E-state index < -0.39 is 0 Å². The number of piperazine rings is 1. The van der Waals surface area contributed by atoms with Crippen molar-refractivity contribution in [3.05, 3.63) is 33.3 Å².